The molecule has 0 fully saturated rings. The van der Waals surface area contributed by atoms with E-state index in [1.54, 1.807) is 42.5 Å². The van der Waals surface area contributed by atoms with Gasteiger partial charge in [0.2, 0.25) is 11.8 Å². The minimum absolute atomic E-state index is 0.0740. The van der Waals surface area contributed by atoms with Gasteiger partial charge in [-0.15, -0.1) is 0 Å². The zero-order valence-electron chi connectivity index (χ0n) is 19.1. The topological polar surface area (TPSA) is 86.8 Å². The molecule has 1 N–H and O–H groups in total. The molecule has 180 valence electrons. The smallest absolute Gasteiger partial charge is 0.261 e. The lowest BCUT2D eigenvalue weighted by Crippen LogP contribution is -2.49. The minimum Gasteiger partial charge on any atom is -0.355 e. The number of nitrogens with zero attached hydrogens (tertiary/aromatic N) is 2. The summed E-state index contributed by atoms with van der Waals surface area (Å²) in [6, 6.07) is 11.1. The number of carbonyl (C=O) groups excluding carboxylic acids is 4. The second-order valence-electron chi connectivity index (χ2n) is 8.00. The van der Waals surface area contributed by atoms with Gasteiger partial charge < -0.3 is 10.2 Å². The molecule has 1 atom stereocenters. The number of carbonyl (C=O) groups is 4. The van der Waals surface area contributed by atoms with Crippen molar-refractivity contribution in [2.75, 3.05) is 13.1 Å². The van der Waals surface area contributed by atoms with Gasteiger partial charge in [0, 0.05) is 26.1 Å². The molecule has 0 aromatic heterocycles. The van der Waals surface area contributed by atoms with E-state index in [1.165, 1.54) is 9.80 Å². The molecule has 1 aliphatic heterocycles. The maximum atomic E-state index is 13.3. The van der Waals surface area contributed by atoms with Crippen molar-refractivity contribution in [3.63, 3.8) is 0 Å². The Kier molecular flexibility index (Phi) is 8.69. The number of hydrogen-bond donors (Lipinski definition) is 1. The summed E-state index contributed by atoms with van der Waals surface area (Å²) in [6.45, 7) is 4.41. The molecule has 0 saturated carbocycles. The number of imide groups is 1. The highest BCUT2D eigenvalue weighted by Crippen LogP contribution is 2.25. The summed E-state index contributed by atoms with van der Waals surface area (Å²) in [5, 5.41) is 3.55. The van der Waals surface area contributed by atoms with Crippen molar-refractivity contribution in [3.8, 4) is 0 Å². The van der Waals surface area contributed by atoms with Gasteiger partial charge in [-0.2, -0.15) is 0 Å². The molecular formula is C25H27Cl2N3O4. The van der Waals surface area contributed by atoms with E-state index in [4.69, 9.17) is 23.2 Å². The Labute approximate surface area is 209 Å². The lowest BCUT2D eigenvalue weighted by molar-refractivity contribution is -0.141. The van der Waals surface area contributed by atoms with Crippen LogP contribution in [0.5, 0.6) is 0 Å². The van der Waals surface area contributed by atoms with Crippen LogP contribution in [0, 0.1) is 0 Å². The van der Waals surface area contributed by atoms with Gasteiger partial charge in [-0.25, -0.2) is 0 Å². The summed E-state index contributed by atoms with van der Waals surface area (Å²) >= 11 is 12.2. The van der Waals surface area contributed by atoms with E-state index in [0.717, 1.165) is 5.56 Å². The number of amides is 4. The number of fused-ring (bicyclic) bond motifs is 1. The third-order valence-corrected chi connectivity index (χ3v) is 6.46. The van der Waals surface area contributed by atoms with E-state index in [0.29, 0.717) is 34.1 Å². The van der Waals surface area contributed by atoms with Crippen molar-refractivity contribution in [1.82, 2.24) is 15.1 Å². The van der Waals surface area contributed by atoms with Gasteiger partial charge >= 0.3 is 0 Å². The number of hydrogen-bond acceptors (Lipinski definition) is 4. The van der Waals surface area contributed by atoms with Crippen molar-refractivity contribution < 1.29 is 19.2 Å². The molecule has 3 rings (SSSR count). The lowest BCUT2D eigenvalue weighted by atomic mass is 10.1. The van der Waals surface area contributed by atoms with Crippen molar-refractivity contribution in [1.29, 1.82) is 0 Å². The highest BCUT2D eigenvalue weighted by Gasteiger charge is 2.35. The summed E-state index contributed by atoms with van der Waals surface area (Å²) in [5.41, 5.74) is 1.50. The molecule has 34 heavy (non-hydrogen) atoms. The SMILES string of the molecule is CCNC(=O)[C@H](CC)N(Cc1ccc(Cl)c(Cl)c1)C(=O)CCCN1C(=O)c2ccccc2C1=O. The summed E-state index contributed by atoms with van der Waals surface area (Å²) in [7, 11) is 0. The van der Waals surface area contributed by atoms with Crippen LogP contribution < -0.4 is 5.32 Å². The highest BCUT2D eigenvalue weighted by atomic mass is 35.5. The fourth-order valence-corrected chi connectivity index (χ4v) is 4.34. The van der Waals surface area contributed by atoms with Crippen LogP contribution in [0.15, 0.2) is 42.5 Å². The molecule has 4 amide bonds. The number of likely N-dealkylation sites (N-methyl/N-ethyl adjacent to an activating group) is 1. The fraction of sp³-hybridized carbons (Fsp3) is 0.360. The second-order valence-corrected chi connectivity index (χ2v) is 8.81. The van der Waals surface area contributed by atoms with Crippen LogP contribution in [0.2, 0.25) is 10.0 Å². The number of nitrogens with one attached hydrogen (secondary N) is 1. The Morgan fingerprint density at radius 2 is 1.65 bits per heavy atom. The largest absolute Gasteiger partial charge is 0.355 e. The van der Waals surface area contributed by atoms with Crippen LogP contribution >= 0.6 is 23.2 Å². The standard InChI is InChI=1S/C25H27Cl2N3O4/c1-3-21(23(32)28-4-2)30(15-16-11-12-19(26)20(27)14-16)22(31)10-7-13-29-24(33)17-8-5-6-9-18(17)25(29)34/h5-6,8-9,11-12,14,21H,3-4,7,10,13,15H2,1-2H3,(H,28,32)/t21-/m0/s1. The van der Waals surface area contributed by atoms with Gasteiger partial charge in [-0.3, -0.25) is 24.1 Å². The van der Waals surface area contributed by atoms with Gasteiger partial charge in [0.1, 0.15) is 6.04 Å². The average molecular weight is 504 g/mol. The average Bonchev–Trinajstić information content (AvgIpc) is 3.06. The van der Waals surface area contributed by atoms with Crippen LogP contribution in [0.4, 0.5) is 0 Å². The number of rotatable bonds is 10. The summed E-state index contributed by atoms with van der Waals surface area (Å²) in [6.07, 6.45) is 0.788. The van der Waals surface area contributed by atoms with Crippen LogP contribution in [0.25, 0.3) is 0 Å². The van der Waals surface area contributed by atoms with Crippen LogP contribution in [0.1, 0.15) is 59.4 Å². The minimum atomic E-state index is -0.666. The van der Waals surface area contributed by atoms with Crippen molar-refractivity contribution >= 4 is 46.8 Å². The third kappa shape index (κ3) is 5.59. The molecule has 1 aliphatic rings. The molecule has 0 saturated heterocycles. The zero-order chi connectivity index (χ0) is 24.8. The monoisotopic (exact) mass is 503 g/mol. The molecule has 2 aromatic rings. The first-order valence-electron chi connectivity index (χ1n) is 11.2. The fourth-order valence-electron chi connectivity index (χ4n) is 4.02. The van der Waals surface area contributed by atoms with E-state index in [2.05, 4.69) is 5.32 Å². The molecular weight excluding hydrogens is 477 g/mol. The van der Waals surface area contributed by atoms with Gasteiger partial charge in [0.25, 0.3) is 11.8 Å². The Morgan fingerprint density at radius 3 is 2.21 bits per heavy atom. The predicted molar refractivity (Wildman–Crippen MR) is 131 cm³/mol. The maximum absolute atomic E-state index is 13.3. The number of benzene rings is 2. The number of halogens is 2. The molecule has 0 aliphatic carbocycles. The van der Waals surface area contributed by atoms with Crippen LogP contribution in [-0.4, -0.2) is 52.6 Å². The Bertz CT molecular complexity index is 1070. The van der Waals surface area contributed by atoms with Crippen molar-refractivity contribution in [2.45, 2.75) is 45.7 Å². The van der Waals surface area contributed by atoms with E-state index in [9.17, 15) is 19.2 Å². The normalized spacial score (nSPS) is 13.6. The third-order valence-electron chi connectivity index (χ3n) is 5.72. The first kappa shape index (κ1) is 25.7. The van der Waals surface area contributed by atoms with Crippen LogP contribution in [-0.2, 0) is 16.1 Å². The molecule has 0 radical (unpaired) electrons. The first-order valence-corrected chi connectivity index (χ1v) is 12.0. The van der Waals surface area contributed by atoms with Crippen molar-refractivity contribution in [2.24, 2.45) is 0 Å². The summed E-state index contributed by atoms with van der Waals surface area (Å²) < 4.78 is 0. The molecule has 1 heterocycles. The molecule has 0 unspecified atom stereocenters. The van der Waals surface area contributed by atoms with Crippen LogP contribution in [0.3, 0.4) is 0 Å². The predicted octanol–water partition coefficient (Wildman–Crippen LogP) is 4.31. The van der Waals surface area contributed by atoms with Gasteiger partial charge in [-0.05, 0) is 49.6 Å². The molecule has 0 bridgehead atoms. The molecule has 2 aromatic carbocycles. The summed E-state index contributed by atoms with van der Waals surface area (Å²) in [5.74, 6) is -1.19. The molecule has 0 spiro atoms. The van der Waals surface area contributed by atoms with Crippen molar-refractivity contribution in [3.05, 3.63) is 69.2 Å². The Balaban J connectivity index is 1.71. The quantitative estimate of drug-likeness (QED) is 0.489. The molecule has 7 nitrogen and oxygen atoms in total. The zero-order valence-corrected chi connectivity index (χ0v) is 20.7. The van der Waals surface area contributed by atoms with E-state index in [1.807, 2.05) is 13.8 Å². The first-order chi connectivity index (χ1) is 16.3. The van der Waals surface area contributed by atoms with E-state index in [-0.39, 0.29) is 49.6 Å². The van der Waals surface area contributed by atoms with E-state index >= 15 is 0 Å². The lowest BCUT2D eigenvalue weighted by Gasteiger charge is -2.31. The summed E-state index contributed by atoms with van der Waals surface area (Å²) in [4.78, 5) is 53.8. The molecule has 9 heteroatoms. The van der Waals surface area contributed by atoms with E-state index < -0.39 is 6.04 Å². The Morgan fingerprint density at radius 1 is 1.00 bits per heavy atom. The Hall–Kier alpha value is -2.90. The van der Waals surface area contributed by atoms with Gasteiger partial charge in [0.15, 0.2) is 0 Å². The highest BCUT2D eigenvalue weighted by molar-refractivity contribution is 6.42. The second kappa shape index (κ2) is 11.5. The van der Waals surface area contributed by atoms with Gasteiger partial charge in [-0.1, -0.05) is 48.3 Å². The van der Waals surface area contributed by atoms with Gasteiger partial charge in [0.05, 0.1) is 21.2 Å². The maximum Gasteiger partial charge on any atom is 0.261 e.